The molecule has 0 aliphatic rings. The molecule has 0 atom stereocenters. The van der Waals surface area contributed by atoms with Crippen LogP contribution in [0.15, 0.2) is 40.0 Å². The first kappa shape index (κ1) is 13.7. The standard InChI is InChI=1S/C10H9BrN4O3S/c11-8-3-7(19(12,17)18)1-2-9(8)15-10(16)6-4-13-14-5-6/h1-5H,(H,13,14)(H,15,16)(H2,12,17,18). The Labute approximate surface area is 117 Å². The van der Waals surface area contributed by atoms with Gasteiger partial charge in [0.15, 0.2) is 0 Å². The van der Waals surface area contributed by atoms with Crippen LogP contribution in [0.2, 0.25) is 0 Å². The Morgan fingerprint density at radius 2 is 2.16 bits per heavy atom. The second kappa shape index (κ2) is 5.11. The van der Waals surface area contributed by atoms with E-state index >= 15 is 0 Å². The van der Waals surface area contributed by atoms with Gasteiger partial charge in [-0.15, -0.1) is 0 Å². The minimum absolute atomic E-state index is 0.0410. The predicted molar refractivity (Wildman–Crippen MR) is 72.1 cm³/mol. The van der Waals surface area contributed by atoms with Gasteiger partial charge in [0.1, 0.15) is 0 Å². The maximum Gasteiger partial charge on any atom is 0.258 e. The SMILES string of the molecule is NS(=O)(=O)c1ccc(NC(=O)c2cn[nH]c2)c(Br)c1. The molecule has 100 valence electrons. The number of nitrogens with one attached hydrogen (secondary N) is 2. The van der Waals surface area contributed by atoms with Gasteiger partial charge in [0, 0.05) is 10.7 Å². The molecule has 0 fully saturated rings. The molecule has 4 N–H and O–H groups in total. The van der Waals surface area contributed by atoms with Gasteiger partial charge in [-0.05, 0) is 34.1 Å². The molecule has 2 rings (SSSR count). The number of sulfonamides is 1. The van der Waals surface area contributed by atoms with Crippen LogP contribution in [0.3, 0.4) is 0 Å². The molecular weight excluding hydrogens is 336 g/mol. The number of aromatic amines is 1. The summed E-state index contributed by atoms with van der Waals surface area (Å²) in [4.78, 5) is 11.7. The van der Waals surface area contributed by atoms with Crippen LogP contribution in [-0.4, -0.2) is 24.5 Å². The summed E-state index contributed by atoms with van der Waals surface area (Å²) in [6.07, 6.45) is 2.82. The summed E-state index contributed by atoms with van der Waals surface area (Å²) in [6, 6.07) is 4.08. The Morgan fingerprint density at radius 3 is 2.68 bits per heavy atom. The normalized spacial score (nSPS) is 11.3. The maximum absolute atomic E-state index is 11.8. The third kappa shape index (κ3) is 3.19. The van der Waals surface area contributed by atoms with Crippen LogP contribution in [-0.2, 0) is 10.0 Å². The van der Waals surface area contributed by atoms with Crippen LogP contribution in [0.25, 0.3) is 0 Å². The molecule has 0 aliphatic heterocycles. The van der Waals surface area contributed by atoms with E-state index in [-0.39, 0.29) is 10.8 Å². The van der Waals surface area contributed by atoms with Crippen molar-refractivity contribution in [2.75, 3.05) is 5.32 Å². The third-order valence-corrected chi connectivity index (χ3v) is 3.84. The lowest BCUT2D eigenvalue weighted by Crippen LogP contribution is -2.14. The molecule has 7 nitrogen and oxygen atoms in total. The summed E-state index contributed by atoms with van der Waals surface area (Å²) in [5.74, 6) is -0.363. The highest BCUT2D eigenvalue weighted by Gasteiger charge is 2.13. The Hall–Kier alpha value is -1.71. The fraction of sp³-hybridized carbons (Fsp3) is 0. The molecule has 0 unspecified atom stereocenters. The monoisotopic (exact) mass is 344 g/mol. The van der Waals surface area contributed by atoms with Crippen LogP contribution >= 0.6 is 15.9 Å². The summed E-state index contributed by atoms with van der Waals surface area (Å²) in [7, 11) is -3.77. The molecule has 1 aromatic heterocycles. The van der Waals surface area contributed by atoms with Crippen LogP contribution in [0.4, 0.5) is 5.69 Å². The topological polar surface area (TPSA) is 118 Å². The number of hydrogen-bond acceptors (Lipinski definition) is 4. The number of nitrogens with zero attached hydrogens (tertiary/aromatic N) is 1. The maximum atomic E-state index is 11.8. The molecule has 1 aromatic carbocycles. The van der Waals surface area contributed by atoms with E-state index in [1.165, 1.54) is 30.6 Å². The van der Waals surface area contributed by atoms with Crippen molar-refractivity contribution >= 4 is 37.5 Å². The number of benzene rings is 1. The van der Waals surface area contributed by atoms with Gasteiger partial charge in [-0.3, -0.25) is 9.89 Å². The van der Waals surface area contributed by atoms with Gasteiger partial charge < -0.3 is 5.32 Å². The minimum Gasteiger partial charge on any atom is -0.321 e. The van der Waals surface area contributed by atoms with Gasteiger partial charge in [0.2, 0.25) is 10.0 Å². The lowest BCUT2D eigenvalue weighted by atomic mass is 10.3. The quantitative estimate of drug-likeness (QED) is 0.771. The second-order valence-corrected chi connectivity index (χ2v) is 6.04. The average molecular weight is 345 g/mol. The highest BCUT2D eigenvalue weighted by Crippen LogP contribution is 2.25. The molecule has 0 saturated heterocycles. The van der Waals surface area contributed by atoms with Crippen LogP contribution in [0.1, 0.15) is 10.4 Å². The predicted octanol–water partition coefficient (Wildman–Crippen LogP) is 1.07. The van der Waals surface area contributed by atoms with Gasteiger partial charge in [-0.25, -0.2) is 13.6 Å². The number of rotatable bonds is 3. The summed E-state index contributed by atoms with van der Waals surface area (Å²) in [5.41, 5.74) is 0.793. The van der Waals surface area contributed by atoms with E-state index in [0.29, 0.717) is 15.7 Å². The van der Waals surface area contributed by atoms with Crippen LogP contribution < -0.4 is 10.5 Å². The second-order valence-electron chi connectivity index (χ2n) is 3.63. The Balaban J connectivity index is 2.25. The number of anilines is 1. The lowest BCUT2D eigenvalue weighted by molar-refractivity contribution is 0.102. The van der Waals surface area contributed by atoms with Crippen LogP contribution in [0.5, 0.6) is 0 Å². The van der Waals surface area contributed by atoms with Gasteiger partial charge >= 0.3 is 0 Å². The Bertz CT molecular complexity index is 712. The van der Waals surface area contributed by atoms with Crippen molar-refractivity contribution in [1.29, 1.82) is 0 Å². The molecule has 9 heteroatoms. The fourth-order valence-electron chi connectivity index (χ4n) is 1.34. The Morgan fingerprint density at radius 1 is 1.42 bits per heavy atom. The number of nitrogens with two attached hydrogens (primary N) is 1. The van der Waals surface area contributed by atoms with Gasteiger partial charge in [-0.2, -0.15) is 5.10 Å². The van der Waals surface area contributed by atoms with Crippen molar-refractivity contribution in [3.05, 3.63) is 40.6 Å². The van der Waals surface area contributed by atoms with E-state index in [4.69, 9.17) is 5.14 Å². The van der Waals surface area contributed by atoms with Crippen molar-refractivity contribution in [3.8, 4) is 0 Å². The average Bonchev–Trinajstić information content (AvgIpc) is 2.84. The molecule has 19 heavy (non-hydrogen) atoms. The molecule has 0 spiro atoms. The molecule has 0 bridgehead atoms. The van der Waals surface area contributed by atoms with E-state index in [2.05, 4.69) is 31.4 Å². The number of hydrogen-bond donors (Lipinski definition) is 3. The zero-order chi connectivity index (χ0) is 14.0. The van der Waals surface area contributed by atoms with E-state index < -0.39 is 10.0 Å². The van der Waals surface area contributed by atoms with Crippen LogP contribution in [0, 0.1) is 0 Å². The van der Waals surface area contributed by atoms with E-state index in [9.17, 15) is 13.2 Å². The zero-order valence-electron chi connectivity index (χ0n) is 9.42. The van der Waals surface area contributed by atoms with Gasteiger partial charge in [0.05, 0.1) is 22.3 Å². The van der Waals surface area contributed by atoms with Crippen molar-refractivity contribution in [2.24, 2.45) is 5.14 Å². The highest BCUT2D eigenvalue weighted by atomic mass is 79.9. The fourth-order valence-corrected chi connectivity index (χ4v) is 2.51. The molecule has 0 saturated carbocycles. The molecule has 0 aliphatic carbocycles. The van der Waals surface area contributed by atoms with Crippen molar-refractivity contribution in [2.45, 2.75) is 4.90 Å². The summed E-state index contributed by atoms with van der Waals surface area (Å²) < 4.78 is 22.7. The minimum atomic E-state index is -3.77. The number of primary sulfonamides is 1. The third-order valence-electron chi connectivity index (χ3n) is 2.28. The zero-order valence-corrected chi connectivity index (χ0v) is 11.8. The van der Waals surface area contributed by atoms with Gasteiger partial charge in [-0.1, -0.05) is 0 Å². The molecule has 1 heterocycles. The first-order chi connectivity index (χ1) is 8.88. The number of amides is 1. The van der Waals surface area contributed by atoms with Crippen molar-refractivity contribution in [3.63, 3.8) is 0 Å². The van der Waals surface area contributed by atoms with Crippen molar-refractivity contribution < 1.29 is 13.2 Å². The first-order valence-electron chi connectivity index (χ1n) is 5.00. The van der Waals surface area contributed by atoms with E-state index in [1.807, 2.05) is 0 Å². The lowest BCUT2D eigenvalue weighted by Gasteiger charge is -2.07. The molecule has 1 amide bonds. The summed E-state index contributed by atoms with van der Waals surface area (Å²) >= 11 is 3.17. The highest BCUT2D eigenvalue weighted by molar-refractivity contribution is 9.10. The van der Waals surface area contributed by atoms with E-state index in [1.54, 1.807) is 0 Å². The summed E-state index contributed by atoms with van der Waals surface area (Å²) in [5, 5.41) is 13.8. The number of aromatic nitrogens is 2. The number of halogens is 1. The number of H-pyrrole nitrogens is 1. The number of carbonyl (C=O) groups is 1. The molecule has 2 aromatic rings. The van der Waals surface area contributed by atoms with Crippen molar-refractivity contribution in [1.82, 2.24) is 10.2 Å². The largest absolute Gasteiger partial charge is 0.321 e. The Kier molecular flexibility index (Phi) is 3.69. The molecule has 0 radical (unpaired) electrons. The first-order valence-corrected chi connectivity index (χ1v) is 7.34. The number of carbonyl (C=O) groups excluding carboxylic acids is 1. The smallest absolute Gasteiger partial charge is 0.258 e. The van der Waals surface area contributed by atoms with E-state index in [0.717, 1.165) is 0 Å². The summed E-state index contributed by atoms with van der Waals surface area (Å²) in [6.45, 7) is 0. The van der Waals surface area contributed by atoms with Gasteiger partial charge in [0.25, 0.3) is 5.91 Å². The molecular formula is C10H9BrN4O3S.